The fourth-order valence-electron chi connectivity index (χ4n) is 2.76. The second kappa shape index (κ2) is 5.30. The van der Waals surface area contributed by atoms with Crippen molar-refractivity contribution in [2.75, 3.05) is 0 Å². The number of carboxylic acids is 1. The lowest BCUT2D eigenvalue weighted by Gasteiger charge is -2.28. The first-order valence-corrected chi connectivity index (χ1v) is 6.12. The Balaban J connectivity index is 2.01. The number of aliphatic carboxylic acids is 1. The average Bonchev–Trinajstić information content (AvgIpc) is 2.29. The third kappa shape index (κ3) is 3.29. The van der Waals surface area contributed by atoms with Crippen molar-refractivity contribution in [2.45, 2.75) is 38.0 Å². The summed E-state index contributed by atoms with van der Waals surface area (Å²) in [6.45, 7) is 0. The summed E-state index contributed by atoms with van der Waals surface area (Å²) < 4.78 is 12.8. The maximum absolute atomic E-state index is 12.8. The minimum absolute atomic E-state index is 0.216. The minimum atomic E-state index is -0.713. The van der Waals surface area contributed by atoms with E-state index in [1.54, 1.807) is 0 Å². The van der Waals surface area contributed by atoms with Crippen LogP contribution in [-0.2, 0) is 4.79 Å². The van der Waals surface area contributed by atoms with Crippen LogP contribution in [0.15, 0.2) is 24.3 Å². The molecule has 0 amide bonds. The standard InChI is InChI=1S/C14H17FO2/c15-13-6-4-11(5-7-13)12-3-1-2-10(8-12)9-14(16)17/h4-7,10,12H,1-3,8-9H2,(H,16,17)/t10-,12+/m1/s1. The van der Waals surface area contributed by atoms with Crippen LogP contribution < -0.4 is 0 Å². The maximum atomic E-state index is 12.8. The predicted octanol–water partition coefficient (Wildman–Crippen LogP) is 3.57. The van der Waals surface area contributed by atoms with Gasteiger partial charge in [0.1, 0.15) is 5.82 Å². The third-order valence-corrected chi connectivity index (χ3v) is 3.59. The van der Waals surface area contributed by atoms with Crippen molar-refractivity contribution in [1.29, 1.82) is 0 Å². The molecule has 0 spiro atoms. The van der Waals surface area contributed by atoms with E-state index in [1.807, 2.05) is 12.1 Å². The SMILES string of the molecule is O=C(O)C[C@@H]1CCC[C@H](c2ccc(F)cc2)C1. The summed E-state index contributed by atoms with van der Waals surface area (Å²) in [6.07, 6.45) is 4.33. The molecule has 0 heterocycles. The monoisotopic (exact) mass is 236 g/mol. The Labute approximate surface area is 100 Å². The molecule has 2 atom stereocenters. The van der Waals surface area contributed by atoms with Crippen molar-refractivity contribution < 1.29 is 14.3 Å². The van der Waals surface area contributed by atoms with Gasteiger partial charge in [-0.2, -0.15) is 0 Å². The molecule has 2 nitrogen and oxygen atoms in total. The molecule has 0 saturated heterocycles. The van der Waals surface area contributed by atoms with Crippen molar-refractivity contribution in [3.05, 3.63) is 35.6 Å². The molecule has 0 aromatic heterocycles. The van der Waals surface area contributed by atoms with Gasteiger partial charge in [0.2, 0.25) is 0 Å². The van der Waals surface area contributed by atoms with E-state index in [1.165, 1.54) is 12.1 Å². The first-order chi connectivity index (χ1) is 8.15. The highest BCUT2D eigenvalue weighted by Gasteiger charge is 2.24. The predicted molar refractivity (Wildman–Crippen MR) is 63.4 cm³/mol. The van der Waals surface area contributed by atoms with Gasteiger partial charge in [0, 0.05) is 6.42 Å². The molecule has 0 unspecified atom stereocenters. The van der Waals surface area contributed by atoms with Crippen molar-refractivity contribution >= 4 is 5.97 Å². The van der Waals surface area contributed by atoms with Crippen LogP contribution in [0.3, 0.4) is 0 Å². The van der Waals surface area contributed by atoms with E-state index >= 15 is 0 Å². The second-order valence-electron chi connectivity index (χ2n) is 4.88. The van der Waals surface area contributed by atoms with Gasteiger partial charge >= 0.3 is 5.97 Å². The molecule has 1 aromatic rings. The highest BCUT2D eigenvalue weighted by atomic mass is 19.1. The van der Waals surface area contributed by atoms with Crippen LogP contribution in [0.4, 0.5) is 4.39 Å². The van der Waals surface area contributed by atoms with Crippen molar-refractivity contribution in [3.63, 3.8) is 0 Å². The van der Waals surface area contributed by atoms with Gasteiger partial charge in [-0.15, -0.1) is 0 Å². The number of halogens is 1. The molecule has 3 heteroatoms. The Kier molecular flexibility index (Phi) is 3.77. The Morgan fingerprint density at radius 3 is 2.65 bits per heavy atom. The molecule has 1 aliphatic carbocycles. The largest absolute Gasteiger partial charge is 0.481 e. The molecular formula is C14H17FO2. The van der Waals surface area contributed by atoms with Crippen LogP contribution in [0.1, 0.15) is 43.6 Å². The molecule has 1 saturated carbocycles. The molecule has 1 aliphatic rings. The zero-order chi connectivity index (χ0) is 12.3. The van der Waals surface area contributed by atoms with Crippen LogP contribution in [0.25, 0.3) is 0 Å². The van der Waals surface area contributed by atoms with Crippen molar-refractivity contribution in [2.24, 2.45) is 5.92 Å². The minimum Gasteiger partial charge on any atom is -0.481 e. The topological polar surface area (TPSA) is 37.3 Å². The van der Waals surface area contributed by atoms with Gasteiger partial charge in [0.05, 0.1) is 0 Å². The van der Waals surface area contributed by atoms with E-state index in [0.717, 1.165) is 31.2 Å². The zero-order valence-corrected chi connectivity index (χ0v) is 9.73. The van der Waals surface area contributed by atoms with Crippen LogP contribution in [0.2, 0.25) is 0 Å². The van der Waals surface area contributed by atoms with E-state index in [2.05, 4.69) is 0 Å². The van der Waals surface area contributed by atoms with Gasteiger partial charge in [-0.25, -0.2) is 4.39 Å². The van der Waals surface area contributed by atoms with E-state index in [-0.39, 0.29) is 18.2 Å². The smallest absolute Gasteiger partial charge is 0.303 e. The fourth-order valence-corrected chi connectivity index (χ4v) is 2.76. The normalized spacial score (nSPS) is 24.5. The number of hydrogen-bond acceptors (Lipinski definition) is 1. The quantitative estimate of drug-likeness (QED) is 0.871. The first kappa shape index (κ1) is 12.1. The van der Waals surface area contributed by atoms with Crippen molar-refractivity contribution in [1.82, 2.24) is 0 Å². The number of benzene rings is 1. The first-order valence-electron chi connectivity index (χ1n) is 6.12. The molecule has 1 aromatic carbocycles. The summed E-state index contributed by atoms with van der Waals surface area (Å²) in [5.41, 5.74) is 1.14. The van der Waals surface area contributed by atoms with Crippen LogP contribution >= 0.6 is 0 Å². The molecule has 0 radical (unpaired) electrons. The van der Waals surface area contributed by atoms with E-state index in [9.17, 15) is 9.18 Å². The van der Waals surface area contributed by atoms with Gasteiger partial charge in [-0.1, -0.05) is 18.6 Å². The Morgan fingerprint density at radius 2 is 2.00 bits per heavy atom. The third-order valence-electron chi connectivity index (χ3n) is 3.59. The van der Waals surface area contributed by atoms with Gasteiger partial charge in [0.25, 0.3) is 0 Å². The van der Waals surface area contributed by atoms with Crippen LogP contribution in [0, 0.1) is 11.7 Å². The van der Waals surface area contributed by atoms with Crippen LogP contribution in [-0.4, -0.2) is 11.1 Å². The highest BCUT2D eigenvalue weighted by molar-refractivity contribution is 5.67. The Hall–Kier alpha value is -1.38. The van der Waals surface area contributed by atoms with E-state index in [4.69, 9.17) is 5.11 Å². The summed E-state index contributed by atoms with van der Waals surface area (Å²) in [5, 5.41) is 8.81. The van der Waals surface area contributed by atoms with E-state index < -0.39 is 5.97 Å². The molecular weight excluding hydrogens is 219 g/mol. The molecule has 0 bridgehead atoms. The summed E-state index contributed by atoms with van der Waals surface area (Å²) in [4.78, 5) is 10.7. The summed E-state index contributed by atoms with van der Waals surface area (Å²) in [6, 6.07) is 6.61. The van der Waals surface area contributed by atoms with Gasteiger partial charge in [-0.05, 0) is 48.8 Å². The van der Waals surface area contributed by atoms with Gasteiger partial charge in [-0.3, -0.25) is 4.79 Å². The Morgan fingerprint density at radius 1 is 1.29 bits per heavy atom. The fraction of sp³-hybridized carbons (Fsp3) is 0.500. The van der Waals surface area contributed by atoms with E-state index in [0.29, 0.717) is 5.92 Å². The zero-order valence-electron chi connectivity index (χ0n) is 9.73. The second-order valence-corrected chi connectivity index (χ2v) is 4.88. The molecule has 17 heavy (non-hydrogen) atoms. The lowest BCUT2D eigenvalue weighted by molar-refractivity contribution is -0.138. The highest BCUT2D eigenvalue weighted by Crippen LogP contribution is 2.37. The molecule has 92 valence electrons. The van der Waals surface area contributed by atoms with Crippen molar-refractivity contribution in [3.8, 4) is 0 Å². The van der Waals surface area contributed by atoms with Gasteiger partial charge < -0.3 is 5.11 Å². The number of carbonyl (C=O) groups is 1. The number of hydrogen-bond donors (Lipinski definition) is 1. The summed E-state index contributed by atoms with van der Waals surface area (Å²) in [7, 11) is 0. The molecule has 1 fully saturated rings. The van der Waals surface area contributed by atoms with Gasteiger partial charge in [0.15, 0.2) is 0 Å². The maximum Gasteiger partial charge on any atom is 0.303 e. The van der Waals surface area contributed by atoms with Crippen LogP contribution in [0.5, 0.6) is 0 Å². The summed E-state index contributed by atoms with van der Waals surface area (Å²) >= 11 is 0. The molecule has 0 aliphatic heterocycles. The summed E-state index contributed by atoms with van der Waals surface area (Å²) in [5.74, 6) is -0.258. The lowest BCUT2D eigenvalue weighted by Crippen LogP contribution is -2.17. The number of carboxylic acid groups (broad SMARTS) is 1. The lowest BCUT2D eigenvalue weighted by atomic mass is 9.77. The molecule has 1 N–H and O–H groups in total. The average molecular weight is 236 g/mol. The Bertz CT molecular complexity index is 386. The number of rotatable bonds is 3. The molecule has 2 rings (SSSR count).